The molecule has 2 fully saturated rings. The minimum atomic E-state index is 0.778. The van der Waals surface area contributed by atoms with Gasteiger partial charge >= 0.3 is 0 Å². The Morgan fingerprint density at radius 1 is 0.553 bits per heavy atom. The second-order valence-corrected chi connectivity index (χ2v) is 13.3. The van der Waals surface area contributed by atoms with Crippen LogP contribution in [-0.2, 0) is 0 Å². The fourth-order valence-corrected chi connectivity index (χ4v) is 7.91. The fraction of sp³-hybridized carbons (Fsp3) is 0.684. The average Bonchev–Trinajstić information content (AvgIpc) is 2.93. The second-order valence-electron chi connectivity index (χ2n) is 13.3. The Balaban J connectivity index is 1.27. The van der Waals surface area contributed by atoms with Crippen molar-refractivity contribution in [3.8, 4) is 11.1 Å². The maximum absolute atomic E-state index is 2.51. The monoisotopic (exact) mass is 514 g/mol. The molecule has 0 unspecified atom stereocenters. The first-order chi connectivity index (χ1) is 18.6. The molecular formula is C38H58. The molecule has 0 nitrogen and oxygen atoms in total. The normalized spacial score (nSPS) is 24.0. The van der Waals surface area contributed by atoms with Gasteiger partial charge in [0.15, 0.2) is 0 Å². The van der Waals surface area contributed by atoms with Gasteiger partial charge in [0.1, 0.15) is 0 Å². The largest absolute Gasteiger partial charge is 0.0654 e. The lowest BCUT2D eigenvalue weighted by Crippen LogP contribution is -2.14. The number of rotatable bonds is 13. The average molecular weight is 515 g/mol. The van der Waals surface area contributed by atoms with Gasteiger partial charge in [-0.1, -0.05) is 114 Å². The second kappa shape index (κ2) is 15.3. The Bertz CT molecular complexity index is 952. The van der Waals surface area contributed by atoms with Crippen LogP contribution in [0.4, 0.5) is 0 Å². The third kappa shape index (κ3) is 8.22. The van der Waals surface area contributed by atoms with Crippen molar-refractivity contribution in [2.24, 2.45) is 11.8 Å². The van der Waals surface area contributed by atoms with Gasteiger partial charge in [-0.15, -0.1) is 0 Å². The van der Waals surface area contributed by atoms with E-state index in [1.54, 1.807) is 11.1 Å². The summed E-state index contributed by atoms with van der Waals surface area (Å²) in [7, 11) is 0. The van der Waals surface area contributed by atoms with E-state index in [0.717, 1.165) is 23.7 Å². The van der Waals surface area contributed by atoms with E-state index in [9.17, 15) is 0 Å². The molecule has 210 valence electrons. The molecule has 0 heterocycles. The van der Waals surface area contributed by atoms with E-state index in [1.807, 2.05) is 0 Å². The Kier molecular flexibility index (Phi) is 11.8. The first kappa shape index (κ1) is 29.4. The van der Waals surface area contributed by atoms with Crippen molar-refractivity contribution >= 4 is 0 Å². The molecule has 38 heavy (non-hydrogen) atoms. The molecule has 0 heteroatoms. The van der Waals surface area contributed by atoms with Crippen LogP contribution in [0.3, 0.4) is 0 Å². The van der Waals surface area contributed by atoms with E-state index in [-0.39, 0.29) is 0 Å². The molecule has 2 aromatic carbocycles. The molecule has 0 amide bonds. The number of unbranched alkanes of at least 4 members (excludes halogenated alkanes) is 6. The minimum absolute atomic E-state index is 0.778. The van der Waals surface area contributed by atoms with Gasteiger partial charge in [-0.2, -0.15) is 0 Å². The highest BCUT2D eigenvalue weighted by Crippen LogP contribution is 2.41. The summed E-state index contributed by atoms with van der Waals surface area (Å²) < 4.78 is 0. The Hall–Kier alpha value is -1.56. The molecule has 0 N–H and O–H groups in total. The van der Waals surface area contributed by atoms with Crippen LogP contribution >= 0.6 is 0 Å². The van der Waals surface area contributed by atoms with E-state index >= 15 is 0 Å². The van der Waals surface area contributed by atoms with Crippen molar-refractivity contribution in [3.05, 3.63) is 58.7 Å². The lowest BCUT2D eigenvalue weighted by Gasteiger charge is -2.30. The third-order valence-corrected chi connectivity index (χ3v) is 10.3. The summed E-state index contributed by atoms with van der Waals surface area (Å²) in [5, 5.41) is 0. The highest BCUT2D eigenvalue weighted by molar-refractivity contribution is 5.69. The third-order valence-electron chi connectivity index (χ3n) is 10.3. The first-order valence-corrected chi connectivity index (χ1v) is 16.8. The molecule has 4 rings (SSSR count). The highest BCUT2D eigenvalue weighted by Gasteiger charge is 2.24. The maximum Gasteiger partial charge on any atom is -0.0154 e. The molecule has 2 saturated carbocycles. The van der Waals surface area contributed by atoms with Crippen LogP contribution in [0.5, 0.6) is 0 Å². The van der Waals surface area contributed by atoms with E-state index < -0.39 is 0 Å². The zero-order chi connectivity index (χ0) is 26.7. The van der Waals surface area contributed by atoms with Crippen molar-refractivity contribution < 1.29 is 0 Å². The molecule has 0 saturated heterocycles. The lowest BCUT2D eigenvalue weighted by molar-refractivity contribution is 0.301. The molecule has 0 spiro atoms. The van der Waals surface area contributed by atoms with Crippen molar-refractivity contribution in [2.45, 2.75) is 155 Å². The van der Waals surface area contributed by atoms with E-state index in [4.69, 9.17) is 0 Å². The SMILES string of the molecule is CCCCCCCCC[C@H]1CC[C@H](c2ccc(-c3ccc([C@H]4CC[C@H](CCC)CC4)cc3C)cc2C)CC1. The quantitative estimate of drug-likeness (QED) is 0.233. The summed E-state index contributed by atoms with van der Waals surface area (Å²) in [4.78, 5) is 0. The van der Waals surface area contributed by atoms with Crippen LogP contribution in [-0.4, -0.2) is 0 Å². The zero-order valence-electron chi connectivity index (χ0n) is 25.5. The van der Waals surface area contributed by atoms with Gasteiger partial charge in [-0.05, 0) is 122 Å². The van der Waals surface area contributed by atoms with Gasteiger partial charge < -0.3 is 0 Å². The summed E-state index contributed by atoms with van der Waals surface area (Å²) in [6.45, 7) is 9.34. The first-order valence-electron chi connectivity index (χ1n) is 16.8. The van der Waals surface area contributed by atoms with Crippen LogP contribution < -0.4 is 0 Å². The van der Waals surface area contributed by atoms with Gasteiger partial charge in [0.25, 0.3) is 0 Å². The van der Waals surface area contributed by atoms with Crippen molar-refractivity contribution in [1.82, 2.24) is 0 Å². The lowest BCUT2D eigenvalue weighted by atomic mass is 9.75. The molecule has 0 aliphatic heterocycles. The summed E-state index contributed by atoms with van der Waals surface area (Å²) in [5.41, 5.74) is 9.02. The fourth-order valence-electron chi connectivity index (χ4n) is 7.91. The summed E-state index contributed by atoms with van der Waals surface area (Å²) in [6, 6.07) is 14.8. The summed E-state index contributed by atoms with van der Waals surface area (Å²) in [5.74, 6) is 3.53. The summed E-state index contributed by atoms with van der Waals surface area (Å²) in [6.07, 6.45) is 25.7. The Morgan fingerprint density at radius 3 is 1.82 bits per heavy atom. The van der Waals surface area contributed by atoms with Gasteiger partial charge in [-0.3, -0.25) is 0 Å². The highest BCUT2D eigenvalue weighted by atomic mass is 14.3. The Morgan fingerprint density at radius 2 is 1.18 bits per heavy atom. The molecule has 0 radical (unpaired) electrons. The molecular weight excluding hydrogens is 456 g/mol. The number of benzene rings is 2. The molecule has 0 bridgehead atoms. The smallest absolute Gasteiger partial charge is 0.0154 e. The van der Waals surface area contributed by atoms with Crippen LogP contribution in [0.15, 0.2) is 36.4 Å². The van der Waals surface area contributed by atoms with Crippen molar-refractivity contribution in [3.63, 3.8) is 0 Å². The van der Waals surface area contributed by atoms with E-state index in [0.29, 0.717) is 0 Å². The topological polar surface area (TPSA) is 0 Å². The van der Waals surface area contributed by atoms with Gasteiger partial charge in [0.05, 0.1) is 0 Å². The predicted octanol–water partition coefficient (Wildman–Crippen LogP) is 12.5. The number of aryl methyl sites for hydroxylation is 2. The van der Waals surface area contributed by atoms with E-state index in [2.05, 4.69) is 64.1 Å². The predicted molar refractivity (Wildman–Crippen MR) is 168 cm³/mol. The van der Waals surface area contributed by atoms with Crippen LogP contribution in [0.1, 0.15) is 164 Å². The zero-order valence-corrected chi connectivity index (χ0v) is 25.5. The van der Waals surface area contributed by atoms with Crippen LogP contribution in [0, 0.1) is 25.7 Å². The maximum atomic E-state index is 2.51. The summed E-state index contributed by atoms with van der Waals surface area (Å²) >= 11 is 0. The van der Waals surface area contributed by atoms with Gasteiger partial charge in [0.2, 0.25) is 0 Å². The van der Waals surface area contributed by atoms with E-state index in [1.165, 1.54) is 138 Å². The van der Waals surface area contributed by atoms with Crippen LogP contribution in [0.25, 0.3) is 11.1 Å². The molecule has 2 aromatic rings. The van der Waals surface area contributed by atoms with Gasteiger partial charge in [-0.25, -0.2) is 0 Å². The number of hydrogen-bond acceptors (Lipinski definition) is 0. The minimum Gasteiger partial charge on any atom is -0.0654 e. The molecule has 2 aliphatic carbocycles. The van der Waals surface area contributed by atoms with Gasteiger partial charge in [0, 0.05) is 0 Å². The van der Waals surface area contributed by atoms with Crippen molar-refractivity contribution in [1.29, 1.82) is 0 Å². The number of hydrogen-bond donors (Lipinski definition) is 0. The Labute approximate surface area is 236 Å². The van der Waals surface area contributed by atoms with Crippen LogP contribution in [0.2, 0.25) is 0 Å². The van der Waals surface area contributed by atoms with Crippen molar-refractivity contribution in [2.75, 3.05) is 0 Å². The standard InChI is InChI=1S/C38H58/c1-5-7-8-9-10-11-12-14-32-17-21-34(22-18-32)37-26-24-36(28-30(37)4)38-25-23-35(27-29(38)3)33-19-15-31(13-6-2)16-20-33/h23-28,31-34H,5-22H2,1-4H3/t31-,32-,33-,34-. The molecule has 0 aromatic heterocycles. The molecule has 0 atom stereocenters. The molecule has 2 aliphatic rings.